The van der Waals surface area contributed by atoms with E-state index < -0.39 is 0 Å². The molecule has 1 saturated heterocycles. The highest BCUT2D eigenvalue weighted by Gasteiger charge is 2.24. The van der Waals surface area contributed by atoms with Crippen LogP contribution in [-0.4, -0.2) is 35.3 Å². The summed E-state index contributed by atoms with van der Waals surface area (Å²) in [6, 6.07) is 5.62. The molecule has 2 aromatic heterocycles. The third-order valence-electron chi connectivity index (χ3n) is 3.78. The van der Waals surface area contributed by atoms with Crippen LogP contribution in [0, 0.1) is 6.92 Å². The Morgan fingerprint density at radius 2 is 2.23 bits per heavy atom. The molecule has 1 aliphatic heterocycles. The zero-order chi connectivity index (χ0) is 15.4. The fourth-order valence-corrected chi connectivity index (χ4v) is 2.62. The van der Waals surface area contributed by atoms with Gasteiger partial charge in [-0.15, -0.1) is 0 Å². The maximum absolute atomic E-state index is 12.6. The summed E-state index contributed by atoms with van der Waals surface area (Å²) in [7, 11) is 0. The third-order valence-corrected chi connectivity index (χ3v) is 3.78. The molecule has 0 radical (unpaired) electrons. The first-order valence-electron chi connectivity index (χ1n) is 7.52. The Balaban J connectivity index is 1.82. The van der Waals surface area contributed by atoms with E-state index in [1.165, 1.54) is 0 Å². The molecule has 0 aromatic carbocycles. The lowest BCUT2D eigenvalue weighted by molar-refractivity contribution is 0.0928. The topological polar surface area (TPSA) is 77.2 Å². The quantitative estimate of drug-likeness (QED) is 0.941. The van der Waals surface area contributed by atoms with Gasteiger partial charge in [0.1, 0.15) is 17.0 Å². The van der Waals surface area contributed by atoms with Gasteiger partial charge < -0.3 is 14.6 Å². The maximum Gasteiger partial charge on any atom is 0.257 e. The number of ether oxygens (including phenoxy) is 1. The number of aryl methyl sites for hydroxylation is 1. The minimum absolute atomic E-state index is 0.126. The van der Waals surface area contributed by atoms with Crippen molar-refractivity contribution in [2.75, 3.05) is 13.2 Å². The van der Waals surface area contributed by atoms with Gasteiger partial charge in [0.25, 0.3) is 5.91 Å². The van der Waals surface area contributed by atoms with E-state index in [4.69, 9.17) is 9.26 Å². The second-order valence-electron chi connectivity index (χ2n) is 5.39. The summed E-state index contributed by atoms with van der Waals surface area (Å²) < 4.78 is 10.6. The van der Waals surface area contributed by atoms with Gasteiger partial charge in [0.05, 0.1) is 5.69 Å². The number of nitrogens with one attached hydrogen (secondary N) is 1. The molecular weight excluding hydrogens is 282 g/mol. The average Bonchev–Trinajstić information content (AvgIpc) is 2.75. The molecule has 116 valence electrons. The summed E-state index contributed by atoms with van der Waals surface area (Å²) in [5.41, 5.74) is 1.58. The lowest BCUT2D eigenvalue weighted by Crippen LogP contribution is -2.35. The molecule has 6 heteroatoms. The van der Waals surface area contributed by atoms with E-state index in [0.29, 0.717) is 29.3 Å². The Morgan fingerprint density at radius 1 is 1.32 bits per heavy atom. The lowest BCUT2D eigenvalue weighted by Gasteiger charge is -2.15. The van der Waals surface area contributed by atoms with Crippen LogP contribution in [0.3, 0.4) is 0 Å². The highest BCUT2D eigenvalue weighted by Crippen LogP contribution is 2.23. The maximum atomic E-state index is 12.6. The molecule has 0 bridgehead atoms. The second-order valence-corrected chi connectivity index (χ2v) is 5.39. The van der Waals surface area contributed by atoms with E-state index in [-0.39, 0.29) is 11.9 Å². The first kappa shape index (κ1) is 14.7. The van der Waals surface area contributed by atoms with E-state index >= 15 is 0 Å². The van der Waals surface area contributed by atoms with Crippen molar-refractivity contribution in [1.29, 1.82) is 0 Å². The van der Waals surface area contributed by atoms with Crippen LogP contribution < -0.4 is 5.32 Å². The van der Waals surface area contributed by atoms with Gasteiger partial charge >= 0.3 is 0 Å². The van der Waals surface area contributed by atoms with E-state index in [9.17, 15) is 4.79 Å². The fraction of sp³-hybridized carbons (Fsp3) is 0.438. The highest BCUT2D eigenvalue weighted by molar-refractivity contribution is 6.00. The summed E-state index contributed by atoms with van der Waals surface area (Å²) >= 11 is 0. The molecule has 0 unspecified atom stereocenters. The number of hydrogen-bond donors (Lipinski definition) is 1. The number of carbonyl (C=O) groups excluding carboxylic acids is 1. The number of pyridine rings is 1. The minimum atomic E-state index is -0.161. The Bertz CT molecular complexity index is 631. The number of hydrogen-bond acceptors (Lipinski definition) is 5. The Morgan fingerprint density at radius 3 is 3.05 bits per heavy atom. The van der Waals surface area contributed by atoms with Gasteiger partial charge in [-0.05, 0) is 38.3 Å². The molecule has 6 nitrogen and oxygen atoms in total. The number of aromatic nitrogens is 2. The Hall–Kier alpha value is -2.21. The Labute approximate surface area is 128 Å². The van der Waals surface area contributed by atoms with E-state index in [1.807, 2.05) is 18.2 Å². The number of nitrogens with zero attached hydrogens (tertiary/aromatic N) is 2. The number of rotatable bonds is 3. The molecule has 3 heterocycles. The number of carbonyl (C=O) groups is 1. The molecule has 0 saturated carbocycles. The molecule has 1 N–H and O–H groups in total. The number of amides is 1. The van der Waals surface area contributed by atoms with Crippen molar-refractivity contribution in [1.82, 2.24) is 15.5 Å². The van der Waals surface area contributed by atoms with Crippen LogP contribution in [0.1, 0.15) is 35.4 Å². The van der Waals surface area contributed by atoms with Gasteiger partial charge in [-0.1, -0.05) is 11.2 Å². The summed E-state index contributed by atoms with van der Waals surface area (Å²) in [4.78, 5) is 16.9. The van der Waals surface area contributed by atoms with Crippen LogP contribution in [0.15, 0.2) is 28.9 Å². The smallest absolute Gasteiger partial charge is 0.257 e. The molecule has 2 aromatic rings. The Kier molecular flexibility index (Phi) is 4.48. The normalized spacial score (nSPS) is 18.7. The van der Waals surface area contributed by atoms with Crippen molar-refractivity contribution in [3.63, 3.8) is 0 Å². The predicted molar refractivity (Wildman–Crippen MR) is 80.4 cm³/mol. The van der Waals surface area contributed by atoms with Gasteiger partial charge in [-0.2, -0.15) is 0 Å². The minimum Gasteiger partial charge on any atom is -0.381 e. The SMILES string of the molecule is Cc1onc(-c2ccccn2)c1C(=O)N[C@@H]1CCCOCC1. The zero-order valence-electron chi connectivity index (χ0n) is 12.5. The van der Waals surface area contributed by atoms with Crippen LogP contribution in [0.2, 0.25) is 0 Å². The molecule has 0 aliphatic carbocycles. The molecule has 3 rings (SSSR count). The molecule has 1 atom stereocenters. The zero-order valence-corrected chi connectivity index (χ0v) is 12.5. The standard InChI is InChI=1S/C16H19N3O3/c1-11-14(15(19-22-11)13-6-2-3-8-17-13)16(20)18-12-5-4-9-21-10-7-12/h2-3,6,8,12H,4-5,7,9-10H2,1H3,(H,18,20)/t12-/m1/s1. The van der Waals surface area contributed by atoms with Gasteiger partial charge in [-0.25, -0.2) is 0 Å². The van der Waals surface area contributed by atoms with Gasteiger partial charge in [0.15, 0.2) is 0 Å². The average molecular weight is 301 g/mol. The largest absolute Gasteiger partial charge is 0.381 e. The van der Waals surface area contributed by atoms with Crippen LogP contribution in [-0.2, 0) is 4.74 Å². The molecule has 0 spiro atoms. The molecule has 22 heavy (non-hydrogen) atoms. The van der Waals surface area contributed by atoms with Crippen molar-refractivity contribution in [3.05, 3.63) is 35.7 Å². The van der Waals surface area contributed by atoms with Crippen molar-refractivity contribution in [2.45, 2.75) is 32.2 Å². The summed E-state index contributed by atoms with van der Waals surface area (Å²) in [6.07, 6.45) is 4.38. The first-order valence-corrected chi connectivity index (χ1v) is 7.52. The van der Waals surface area contributed by atoms with Crippen molar-refractivity contribution >= 4 is 5.91 Å². The van der Waals surface area contributed by atoms with Crippen molar-refractivity contribution in [3.8, 4) is 11.4 Å². The fourth-order valence-electron chi connectivity index (χ4n) is 2.62. The van der Waals surface area contributed by atoms with Gasteiger partial charge in [0.2, 0.25) is 0 Å². The van der Waals surface area contributed by atoms with E-state index in [1.54, 1.807) is 13.1 Å². The molecule has 1 aliphatic rings. The van der Waals surface area contributed by atoms with Crippen LogP contribution >= 0.6 is 0 Å². The van der Waals surface area contributed by atoms with E-state index in [2.05, 4.69) is 15.5 Å². The summed E-state index contributed by atoms with van der Waals surface area (Å²) in [5.74, 6) is 0.342. The third kappa shape index (κ3) is 3.17. The molecular formula is C16H19N3O3. The molecule has 1 fully saturated rings. The van der Waals surface area contributed by atoms with Gasteiger partial charge in [-0.3, -0.25) is 9.78 Å². The summed E-state index contributed by atoms with van der Waals surface area (Å²) in [6.45, 7) is 3.18. The predicted octanol–water partition coefficient (Wildman–Crippen LogP) is 2.34. The summed E-state index contributed by atoms with van der Waals surface area (Å²) in [5, 5.41) is 7.06. The monoisotopic (exact) mass is 301 g/mol. The van der Waals surface area contributed by atoms with E-state index in [0.717, 1.165) is 25.9 Å². The highest BCUT2D eigenvalue weighted by atomic mass is 16.5. The van der Waals surface area contributed by atoms with Crippen LogP contribution in [0.5, 0.6) is 0 Å². The van der Waals surface area contributed by atoms with Crippen LogP contribution in [0.4, 0.5) is 0 Å². The molecule has 1 amide bonds. The van der Waals surface area contributed by atoms with Crippen molar-refractivity contribution in [2.24, 2.45) is 0 Å². The van der Waals surface area contributed by atoms with Crippen LogP contribution in [0.25, 0.3) is 11.4 Å². The van der Waals surface area contributed by atoms with Crippen molar-refractivity contribution < 1.29 is 14.1 Å². The lowest BCUT2D eigenvalue weighted by atomic mass is 10.1. The van der Waals surface area contributed by atoms with Gasteiger partial charge in [0, 0.05) is 25.5 Å². The second kappa shape index (κ2) is 6.70. The first-order chi connectivity index (χ1) is 10.8.